The summed E-state index contributed by atoms with van der Waals surface area (Å²) in [6.07, 6.45) is 0. The van der Waals surface area contributed by atoms with Crippen LogP contribution in [0.5, 0.6) is 5.75 Å². The van der Waals surface area contributed by atoms with Gasteiger partial charge in [-0.25, -0.2) is 0 Å². The second-order valence-corrected chi connectivity index (χ2v) is 4.58. The smallest absolute Gasteiger partial charge is 0.194 e. The van der Waals surface area contributed by atoms with E-state index in [1.807, 2.05) is 25.1 Å². The molecule has 2 aromatic carbocycles. The summed E-state index contributed by atoms with van der Waals surface area (Å²) in [6.45, 7) is 1.91. The van der Waals surface area contributed by atoms with Crippen LogP contribution in [0, 0.1) is 6.92 Å². The fourth-order valence-electron chi connectivity index (χ4n) is 2.30. The van der Waals surface area contributed by atoms with Crippen LogP contribution in [0.15, 0.2) is 30.3 Å². The summed E-state index contributed by atoms with van der Waals surface area (Å²) < 4.78 is 0. The van der Waals surface area contributed by atoms with Crippen molar-refractivity contribution in [3.05, 3.63) is 52.0 Å². The summed E-state index contributed by atoms with van der Waals surface area (Å²) in [4.78, 5) is 12.2. The van der Waals surface area contributed by atoms with E-state index in [4.69, 9.17) is 11.6 Å². The van der Waals surface area contributed by atoms with Crippen LogP contribution in [-0.2, 0) is 0 Å². The first-order valence-electron chi connectivity index (χ1n) is 5.27. The van der Waals surface area contributed by atoms with Gasteiger partial charge < -0.3 is 5.11 Å². The Bertz CT molecular complexity index is 660. The Kier molecular flexibility index (Phi) is 2.04. The SMILES string of the molecule is Cc1cccc2c1C(=O)c1cc(O)c(Cl)cc1-2. The van der Waals surface area contributed by atoms with Crippen LogP contribution < -0.4 is 0 Å². The van der Waals surface area contributed by atoms with Crippen LogP contribution in [0.4, 0.5) is 0 Å². The third kappa shape index (κ3) is 1.31. The molecule has 1 aliphatic rings. The minimum atomic E-state index is -0.0516. The summed E-state index contributed by atoms with van der Waals surface area (Å²) in [5.74, 6) is -0.0932. The quantitative estimate of drug-likeness (QED) is 0.656. The van der Waals surface area contributed by atoms with Gasteiger partial charge in [0.25, 0.3) is 0 Å². The van der Waals surface area contributed by atoms with Gasteiger partial charge in [-0.15, -0.1) is 0 Å². The summed E-state index contributed by atoms with van der Waals surface area (Å²) in [5.41, 5.74) is 3.88. The van der Waals surface area contributed by atoms with Crippen molar-refractivity contribution in [2.45, 2.75) is 6.92 Å². The van der Waals surface area contributed by atoms with Crippen LogP contribution in [-0.4, -0.2) is 10.9 Å². The van der Waals surface area contributed by atoms with E-state index >= 15 is 0 Å². The molecule has 2 nitrogen and oxygen atoms in total. The van der Waals surface area contributed by atoms with Gasteiger partial charge in [-0.2, -0.15) is 0 Å². The Morgan fingerprint density at radius 3 is 2.65 bits per heavy atom. The van der Waals surface area contributed by atoms with Gasteiger partial charge in [0.15, 0.2) is 5.78 Å². The van der Waals surface area contributed by atoms with Crippen molar-refractivity contribution in [3.63, 3.8) is 0 Å². The number of carbonyl (C=O) groups is 1. The molecule has 0 radical (unpaired) electrons. The van der Waals surface area contributed by atoms with E-state index in [0.717, 1.165) is 16.7 Å². The molecule has 1 N–H and O–H groups in total. The van der Waals surface area contributed by atoms with Crippen molar-refractivity contribution in [2.24, 2.45) is 0 Å². The molecule has 84 valence electrons. The summed E-state index contributed by atoms with van der Waals surface area (Å²) in [6, 6.07) is 8.82. The largest absolute Gasteiger partial charge is 0.506 e. The summed E-state index contributed by atoms with van der Waals surface area (Å²) in [7, 11) is 0. The Hall–Kier alpha value is -1.80. The van der Waals surface area contributed by atoms with Crippen LogP contribution in [0.3, 0.4) is 0 Å². The van der Waals surface area contributed by atoms with Gasteiger partial charge >= 0.3 is 0 Å². The first kappa shape index (κ1) is 10.4. The molecular weight excluding hydrogens is 236 g/mol. The number of phenols is 1. The van der Waals surface area contributed by atoms with E-state index < -0.39 is 0 Å². The number of hydrogen-bond acceptors (Lipinski definition) is 2. The van der Waals surface area contributed by atoms with Gasteiger partial charge in [-0.3, -0.25) is 4.79 Å². The molecule has 0 bridgehead atoms. The van der Waals surface area contributed by atoms with Crippen molar-refractivity contribution in [2.75, 3.05) is 0 Å². The molecule has 1 aliphatic carbocycles. The molecule has 0 saturated carbocycles. The first-order valence-corrected chi connectivity index (χ1v) is 5.64. The normalized spacial score (nSPS) is 12.5. The first-order chi connectivity index (χ1) is 8.09. The van der Waals surface area contributed by atoms with Gasteiger partial charge in [0.05, 0.1) is 5.02 Å². The Morgan fingerprint density at radius 2 is 1.88 bits per heavy atom. The third-order valence-electron chi connectivity index (χ3n) is 3.12. The van der Waals surface area contributed by atoms with Crippen LogP contribution in [0.1, 0.15) is 21.5 Å². The van der Waals surface area contributed by atoms with E-state index in [0.29, 0.717) is 11.1 Å². The van der Waals surface area contributed by atoms with E-state index in [1.165, 1.54) is 6.07 Å². The monoisotopic (exact) mass is 244 g/mol. The Balaban J connectivity index is 2.40. The summed E-state index contributed by atoms with van der Waals surface area (Å²) in [5, 5.41) is 9.83. The summed E-state index contributed by atoms with van der Waals surface area (Å²) >= 11 is 5.89. The van der Waals surface area contributed by atoms with Gasteiger partial charge in [-0.05, 0) is 35.7 Å². The number of rotatable bonds is 0. The Labute approximate surface area is 103 Å². The van der Waals surface area contributed by atoms with Crippen molar-refractivity contribution < 1.29 is 9.90 Å². The van der Waals surface area contributed by atoms with Gasteiger partial charge in [-0.1, -0.05) is 29.8 Å². The molecule has 0 aliphatic heterocycles. The zero-order chi connectivity index (χ0) is 12.2. The molecule has 0 aromatic heterocycles. The molecule has 0 saturated heterocycles. The van der Waals surface area contributed by atoms with E-state index in [-0.39, 0.29) is 16.6 Å². The highest BCUT2D eigenvalue weighted by Crippen LogP contribution is 2.42. The second-order valence-electron chi connectivity index (χ2n) is 4.18. The molecule has 0 fully saturated rings. The van der Waals surface area contributed by atoms with Gasteiger partial charge in [0, 0.05) is 11.1 Å². The average Bonchev–Trinajstić information content (AvgIpc) is 2.56. The molecule has 0 atom stereocenters. The lowest BCUT2D eigenvalue weighted by Gasteiger charge is -2.02. The maximum absolute atomic E-state index is 12.2. The highest BCUT2D eigenvalue weighted by molar-refractivity contribution is 6.33. The maximum atomic E-state index is 12.2. The highest BCUT2D eigenvalue weighted by Gasteiger charge is 2.28. The van der Waals surface area contributed by atoms with E-state index in [2.05, 4.69) is 0 Å². The number of aromatic hydroxyl groups is 1. The molecule has 0 spiro atoms. The number of carbonyl (C=O) groups excluding carboxylic acids is 1. The number of ketones is 1. The fraction of sp³-hybridized carbons (Fsp3) is 0.0714. The minimum Gasteiger partial charge on any atom is -0.506 e. The fourth-order valence-corrected chi connectivity index (χ4v) is 2.46. The number of phenolic OH excluding ortho intramolecular Hbond substituents is 1. The number of aryl methyl sites for hydroxylation is 1. The molecule has 3 heteroatoms. The number of hydrogen-bond donors (Lipinski definition) is 1. The lowest BCUT2D eigenvalue weighted by atomic mass is 10.0. The van der Waals surface area contributed by atoms with Gasteiger partial charge in [0.2, 0.25) is 0 Å². The lowest BCUT2D eigenvalue weighted by Crippen LogP contribution is -1.97. The molecule has 0 heterocycles. The Morgan fingerprint density at radius 1 is 1.12 bits per heavy atom. The van der Waals surface area contributed by atoms with Crippen LogP contribution in [0.2, 0.25) is 5.02 Å². The second kappa shape index (κ2) is 3.34. The van der Waals surface area contributed by atoms with Crippen LogP contribution in [0.25, 0.3) is 11.1 Å². The lowest BCUT2D eigenvalue weighted by molar-refractivity contribution is 0.104. The van der Waals surface area contributed by atoms with Crippen molar-refractivity contribution in [1.82, 2.24) is 0 Å². The number of benzene rings is 2. The zero-order valence-corrected chi connectivity index (χ0v) is 9.88. The highest BCUT2D eigenvalue weighted by atomic mass is 35.5. The number of fused-ring (bicyclic) bond motifs is 3. The molecule has 2 aromatic rings. The van der Waals surface area contributed by atoms with E-state index in [1.54, 1.807) is 6.07 Å². The van der Waals surface area contributed by atoms with Crippen LogP contribution >= 0.6 is 11.6 Å². The predicted octanol–water partition coefficient (Wildman–Crippen LogP) is 3.57. The number of halogens is 1. The third-order valence-corrected chi connectivity index (χ3v) is 3.42. The molecule has 0 unspecified atom stereocenters. The molecular formula is C14H9ClO2. The maximum Gasteiger partial charge on any atom is 0.194 e. The van der Waals surface area contributed by atoms with Gasteiger partial charge in [0.1, 0.15) is 5.75 Å². The zero-order valence-electron chi connectivity index (χ0n) is 9.12. The topological polar surface area (TPSA) is 37.3 Å². The predicted molar refractivity (Wildman–Crippen MR) is 66.7 cm³/mol. The average molecular weight is 245 g/mol. The standard InChI is InChI=1S/C14H9ClO2/c1-7-3-2-4-8-9-5-11(15)12(16)6-10(9)14(17)13(7)8/h2-6,16H,1H3. The van der Waals surface area contributed by atoms with Crippen molar-refractivity contribution in [3.8, 4) is 16.9 Å². The molecule has 3 rings (SSSR count). The van der Waals surface area contributed by atoms with Crippen molar-refractivity contribution >= 4 is 17.4 Å². The minimum absolute atomic E-state index is 0.0416. The molecule has 17 heavy (non-hydrogen) atoms. The van der Waals surface area contributed by atoms with E-state index in [9.17, 15) is 9.90 Å². The van der Waals surface area contributed by atoms with Crippen molar-refractivity contribution in [1.29, 1.82) is 0 Å². The molecule has 0 amide bonds.